The summed E-state index contributed by atoms with van der Waals surface area (Å²) in [5.41, 5.74) is 4.35. The Morgan fingerprint density at radius 2 is 1.86 bits per heavy atom. The van der Waals surface area contributed by atoms with E-state index in [2.05, 4.69) is 20.8 Å². The number of hydrogen-bond donors (Lipinski definition) is 1. The minimum Gasteiger partial charge on any atom is -0.352 e. The molecule has 0 atom stereocenters. The first-order valence-corrected chi connectivity index (χ1v) is 16.0. The van der Waals surface area contributed by atoms with Crippen molar-refractivity contribution in [1.29, 1.82) is 5.26 Å². The van der Waals surface area contributed by atoms with Crippen LogP contribution in [0.3, 0.4) is 0 Å². The number of hydrogen-bond acceptors (Lipinski definition) is 6. The number of carbonyl (C=O) groups excluding carboxylic acids is 2. The van der Waals surface area contributed by atoms with Gasteiger partial charge >= 0.3 is 0 Å². The third kappa shape index (κ3) is 6.25. The Balaban J connectivity index is 0.946. The second kappa shape index (κ2) is 12.9. The van der Waals surface area contributed by atoms with Crippen LogP contribution >= 0.6 is 23.5 Å². The predicted molar refractivity (Wildman–Crippen MR) is 167 cm³/mol. The SMILES string of the molecule is N#Cc1ccc(CSc2ccccc2C(=O)N2CCC(CCCNC(=O)C3=Cc4cnc5cccc(n45)S3)CC2)cc1. The molecule has 1 N–H and O–H groups in total. The van der Waals surface area contributed by atoms with Crippen molar-refractivity contribution in [3.8, 4) is 6.07 Å². The fourth-order valence-corrected chi connectivity index (χ4v) is 7.49. The first-order chi connectivity index (χ1) is 20.6. The molecule has 0 unspecified atom stereocenters. The van der Waals surface area contributed by atoms with Crippen LogP contribution in [0.25, 0.3) is 11.7 Å². The maximum Gasteiger partial charge on any atom is 0.258 e. The van der Waals surface area contributed by atoms with Crippen LogP contribution in [0, 0.1) is 17.2 Å². The van der Waals surface area contributed by atoms with E-state index < -0.39 is 0 Å². The zero-order valence-corrected chi connectivity index (χ0v) is 24.8. The third-order valence-electron chi connectivity index (χ3n) is 7.81. The highest BCUT2D eigenvalue weighted by atomic mass is 32.2. The fraction of sp³-hybridized carbons (Fsp3) is 0.273. The van der Waals surface area contributed by atoms with Gasteiger partial charge in [0.1, 0.15) is 5.65 Å². The van der Waals surface area contributed by atoms with Gasteiger partial charge in [-0.25, -0.2) is 4.98 Å². The van der Waals surface area contributed by atoms with Crippen molar-refractivity contribution in [3.05, 3.63) is 100 Å². The van der Waals surface area contributed by atoms with Gasteiger partial charge in [0.15, 0.2) is 0 Å². The molecule has 0 saturated carbocycles. The highest BCUT2D eigenvalue weighted by Crippen LogP contribution is 2.34. The number of nitrogens with zero attached hydrogens (tertiary/aromatic N) is 4. The number of nitriles is 1. The van der Waals surface area contributed by atoms with Gasteiger partial charge in [0.2, 0.25) is 0 Å². The van der Waals surface area contributed by atoms with E-state index >= 15 is 0 Å². The number of imidazole rings is 1. The summed E-state index contributed by atoms with van der Waals surface area (Å²) in [5, 5.41) is 13.1. The number of rotatable bonds is 9. The lowest BCUT2D eigenvalue weighted by molar-refractivity contribution is -0.116. The molecule has 4 heterocycles. The van der Waals surface area contributed by atoms with E-state index in [1.807, 2.05) is 77.7 Å². The third-order valence-corrected chi connectivity index (χ3v) is 10.0. The van der Waals surface area contributed by atoms with Gasteiger partial charge in [-0.2, -0.15) is 5.26 Å². The number of benzene rings is 2. The molecule has 1 fully saturated rings. The van der Waals surface area contributed by atoms with Crippen LogP contribution in [0.5, 0.6) is 0 Å². The number of thioether (sulfide) groups is 2. The van der Waals surface area contributed by atoms with Crippen LogP contribution in [-0.2, 0) is 10.5 Å². The van der Waals surface area contributed by atoms with Crippen molar-refractivity contribution in [2.45, 2.75) is 41.4 Å². The van der Waals surface area contributed by atoms with E-state index in [1.54, 1.807) is 18.0 Å². The lowest BCUT2D eigenvalue weighted by atomic mass is 9.92. The maximum atomic E-state index is 13.4. The van der Waals surface area contributed by atoms with E-state index in [1.165, 1.54) is 11.8 Å². The molecule has 2 aromatic heterocycles. The monoisotopic (exact) mass is 593 g/mol. The van der Waals surface area contributed by atoms with Gasteiger partial charge < -0.3 is 10.2 Å². The minimum absolute atomic E-state index is 0.0411. The summed E-state index contributed by atoms with van der Waals surface area (Å²) in [6.45, 7) is 2.16. The number of aromatic nitrogens is 2. The maximum absolute atomic E-state index is 13.4. The van der Waals surface area contributed by atoms with Crippen LogP contribution in [0.4, 0.5) is 0 Å². The molecule has 6 rings (SSSR count). The first-order valence-electron chi connectivity index (χ1n) is 14.2. The number of piperidine rings is 1. The largest absolute Gasteiger partial charge is 0.352 e. The van der Waals surface area contributed by atoms with Gasteiger partial charge in [-0.15, -0.1) is 11.8 Å². The number of likely N-dealkylation sites (tertiary alicyclic amines) is 1. The molecule has 0 radical (unpaired) electrons. The lowest BCUT2D eigenvalue weighted by Gasteiger charge is -2.32. The average Bonchev–Trinajstić information content (AvgIpc) is 3.46. The number of amides is 2. The summed E-state index contributed by atoms with van der Waals surface area (Å²) in [6, 6.07) is 23.5. The van der Waals surface area contributed by atoms with Gasteiger partial charge in [0.25, 0.3) is 11.8 Å². The zero-order chi connectivity index (χ0) is 28.9. The zero-order valence-electron chi connectivity index (χ0n) is 23.2. The number of pyridine rings is 1. The van der Waals surface area contributed by atoms with E-state index in [9.17, 15) is 9.59 Å². The molecule has 9 heteroatoms. The summed E-state index contributed by atoms with van der Waals surface area (Å²) >= 11 is 3.13. The Labute approximate surface area is 254 Å². The van der Waals surface area contributed by atoms with Gasteiger partial charge in [-0.1, -0.05) is 42.1 Å². The average molecular weight is 594 g/mol. The van der Waals surface area contributed by atoms with E-state index in [-0.39, 0.29) is 11.8 Å². The Morgan fingerprint density at radius 3 is 2.67 bits per heavy atom. The smallest absolute Gasteiger partial charge is 0.258 e. The Morgan fingerprint density at radius 1 is 1.05 bits per heavy atom. The molecule has 0 spiro atoms. The van der Waals surface area contributed by atoms with Crippen molar-refractivity contribution >= 4 is 47.1 Å². The van der Waals surface area contributed by atoms with Gasteiger partial charge in [-0.05, 0) is 79.6 Å². The van der Waals surface area contributed by atoms with Crippen LogP contribution in [-0.4, -0.2) is 45.7 Å². The van der Waals surface area contributed by atoms with Crippen molar-refractivity contribution in [3.63, 3.8) is 0 Å². The van der Waals surface area contributed by atoms with Crippen LogP contribution in [0.1, 0.15) is 52.9 Å². The van der Waals surface area contributed by atoms with Gasteiger partial charge in [-0.3, -0.25) is 14.0 Å². The Bertz CT molecular complexity index is 1680. The summed E-state index contributed by atoms with van der Waals surface area (Å²) in [6.07, 6.45) is 7.63. The van der Waals surface area contributed by atoms with Crippen LogP contribution in [0.15, 0.2) is 87.8 Å². The molecule has 0 bridgehead atoms. The number of nitrogens with one attached hydrogen (secondary N) is 1. The molecular formula is C33H31N5O2S2. The van der Waals surface area contributed by atoms with Gasteiger partial charge in [0, 0.05) is 30.3 Å². The fourth-order valence-electron chi connectivity index (χ4n) is 5.48. The van der Waals surface area contributed by atoms with Crippen molar-refractivity contribution in [1.82, 2.24) is 19.6 Å². The summed E-state index contributed by atoms with van der Waals surface area (Å²) < 4.78 is 2.06. The molecule has 0 aliphatic carbocycles. The molecular weight excluding hydrogens is 563 g/mol. The molecule has 42 heavy (non-hydrogen) atoms. The normalized spacial score (nSPS) is 14.8. The minimum atomic E-state index is -0.0411. The van der Waals surface area contributed by atoms with Crippen LogP contribution < -0.4 is 5.32 Å². The lowest BCUT2D eigenvalue weighted by Crippen LogP contribution is -2.38. The molecule has 2 aromatic carbocycles. The van der Waals surface area contributed by atoms with E-state index in [4.69, 9.17) is 5.26 Å². The second-order valence-electron chi connectivity index (χ2n) is 10.6. The second-order valence-corrected chi connectivity index (χ2v) is 12.7. The molecule has 1 saturated heterocycles. The van der Waals surface area contributed by atoms with E-state index in [0.29, 0.717) is 22.9 Å². The molecule has 2 amide bonds. The molecule has 2 aliphatic rings. The molecule has 2 aliphatic heterocycles. The van der Waals surface area contributed by atoms with Crippen molar-refractivity contribution in [2.24, 2.45) is 5.92 Å². The highest BCUT2D eigenvalue weighted by Gasteiger charge is 2.25. The Hall–Kier alpha value is -4.00. The summed E-state index contributed by atoms with van der Waals surface area (Å²) in [4.78, 5) is 34.4. The number of carbonyl (C=O) groups is 2. The summed E-state index contributed by atoms with van der Waals surface area (Å²) in [7, 11) is 0. The molecule has 4 aromatic rings. The van der Waals surface area contributed by atoms with Crippen LogP contribution in [0.2, 0.25) is 0 Å². The van der Waals surface area contributed by atoms with E-state index in [0.717, 1.165) is 76.9 Å². The standard InChI is InChI=1S/C33H31N5O2S2/c34-20-24-10-12-25(13-11-24)22-41-28-7-2-1-6-27(28)33(40)37-17-14-23(15-18-37)5-4-16-35-32(39)29-19-26-21-36-30-8-3-9-31(42-29)38(26)30/h1-3,6-13,19,21,23H,4-5,14-18,22H2,(H,35,39). The van der Waals surface area contributed by atoms with Gasteiger partial charge in [0.05, 0.1) is 39.0 Å². The van der Waals surface area contributed by atoms with Crippen molar-refractivity contribution in [2.75, 3.05) is 19.6 Å². The quantitative estimate of drug-likeness (QED) is 0.179. The predicted octanol–water partition coefficient (Wildman–Crippen LogP) is 6.39. The topological polar surface area (TPSA) is 90.5 Å². The molecule has 212 valence electrons. The Kier molecular flexibility index (Phi) is 8.63. The highest BCUT2D eigenvalue weighted by molar-refractivity contribution is 8.04. The summed E-state index contributed by atoms with van der Waals surface area (Å²) in [5.74, 6) is 1.35. The molecule has 7 nitrogen and oxygen atoms in total. The first kappa shape index (κ1) is 28.1. The van der Waals surface area contributed by atoms with Crippen molar-refractivity contribution < 1.29 is 9.59 Å².